The lowest BCUT2D eigenvalue weighted by Crippen LogP contribution is -2.26. The smallest absolute Gasteiger partial charge is 0.134 e. The summed E-state index contributed by atoms with van der Waals surface area (Å²) in [5.41, 5.74) is 11.6. The van der Waals surface area contributed by atoms with Crippen molar-refractivity contribution >= 4 is 23.5 Å². The van der Waals surface area contributed by atoms with Crippen LogP contribution in [0.15, 0.2) is 97.1 Å². The molecular formula is C49H60O2. The first-order valence-corrected chi connectivity index (χ1v) is 19.8. The van der Waals surface area contributed by atoms with Gasteiger partial charge in [0.25, 0.3) is 0 Å². The summed E-state index contributed by atoms with van der Waals surface area (Å²) in [5.74, 6) is 1.09. The molecule has 1 aliphatic carbocycles. The second-order valence-corrected chi connectivity index (χ2v) is 14.8. The highest BCUT2D eigenvalue weighted by Gasteiger charge is 2.42. The summed E-state index contributed by atoms with van der Waals surface area (Å²) in [4.78, 5) is 12.3. The van der Waals surface area contributed by atoms with Crippen LogP contribution < -0.4 is 4.74 Å². The van der Waals surface area contributed by atoms with Crippen LogP contribution in [0.25, 0.3) is 28.9 Å². The predicted molar refractivity (Wildman–Crippen MR) is 219 cm³/mol. The molecule has 0 aliphatic heterocycles. The maximum Gasteiger partial charge on any atom is 0.134 e. The molecule has 0 fully saturated rings. The zero-order chi connectivity index (χ0) is 35.9. The van der Waals surface area contributed by atoms with Gasteiger partial charge in [0, 0.05) is 11.8 Å². The highest BCUT2D eigenvalue weighted by Crippen LogP contribution is 2.55. The van der Waals surface area contributed by atoms with Gasteiger partial charge in [0.15, 0.2) is 0 Å². The van der Waals surface area contributed by atoms with Crippen molar-refractivity contribution in [1.29, 1.82) is 0 Å². The number of fused-ring (bicyclic) bond motifs is 3. The molecule has 4 aromatic rings. The largest absolute Gasteiger partial charge is 0.497 e. The normalized spacial score (nSPS) is 13.4. The van der Waals surface area contributed by atoms with E-state index < -0.39 is 0 Å². The fourth-order valence-electron chi connectivity index (χ4n) is 8.06. The highest BCUT2D eigenvalue weighted by atomic mass is 16.5. The molecule has 0 atom stereocenters. The first kappa shape index (κ1) is 38.1. The summed E-state index contributed by atoms with van der Waals surface area (Å²) < 4.78 is 5.39. The zero-order valence-corrected chi connectivity index (χ0v) is 31.8. The molecule has 0 saturated carbocycles. The van der Waals surface area contributed by atoms with E-state index in [0.29, 0.717) is 6.42 Å². The van der Waals surface area contributed by atoms with E-state index in [0.717, 1.165) is 29.7 Å². The molecule has 0 spiro atoms. The van der Waals surface area contributed by atoms with Gasteiger partial charge in [-0.15, -0.1) is 0 Å². The summed E-state index contributed by atoms with van der Waals surface area (Å²) in [7, 11) is 1.71. The van der Waals surface area contributed by atoms with Gasteiger partial charge in [-0.25, -0.2) is 0 Å². The van der Waals surface area contributed by atoms with Crippen molar-refractivity contribution in [2.45, 2.75) is 122 Å². The van der Waals surface area contributed by atoms with Crippen LogP contribution in [0.4, 0.5) is 0 Å². The zero-order valence-electron chi connectivity index (χ0n) is 31.8. The van der Waals surface area contributed by atoms with Crippen LogP contribution in [-0.2, 0) is 16.6 Å². The molecule has 0 aromatic heterocycles. The second-order valence-electron chi connectivity index (χ2n) is 14.8. The first-order valence-electron chi connectivity index (χ1n) is 19.8. The Morgan fingerprint density at radius 3 is 1.82 bits per heavy atom. The lowest BCUT2D eigenvalue weighted by Gasteiger charge is -2.33. The summed E-state index contributed by atoms with van der Waals surface area (Å²) >= 11 is 0. The molecule has 1 aliphatic rings. The van der Waals surface area contributed by atoms with Crippen LogP contribution >= 0.6 is 0 Å². The lowest BCUT2D eigenvalue weighted by atomic mass is 9.70. The van der Waals surface area contributed by atoms with Crippen LogP contribution in [0.2, 0.25) is 0 Å². The van der Waals surface area contributed by atoms with E-state index in [9.17, 15) is 4.79 Å². The van der Waals surface area contributed by atoms with Gasteiger partial charge in [-0.3, -0.25) is 4.79 Å². The van der Waals surface area contributed by atoms with Crippen molar-refractivity contribution in [2.75, 3.05) is 7.11 Å². The van der Waals surface area contributed by atoms with Gasteiger partial charge >= 0.3 is 0 Å². The van der Waals surface area contributed by atoms with E-state index in [1.54, 1.807) is 14.0 Å². The minimum absolute atomic E-state index is 0.0390. The van der Waals surface area contributed by atoms with Gasteiger partial charge in [0.1, 0.15) is 11.5 Å². The van der Waals surface area contributed by atoms with Crippen LogP contribution in [0.3, 0.4) is 0 Å². The maximum atomic E-state index is 12.3. The van der Waals surface area contributed by atoms with E-state index in [4.69, 9.17) is 4.74 Å². The number of carbonyl (C=O) groups excluding carboxylic acids is 1. The Morgan fingerprint density at radius 1 is 0.647 bits per heavy atom. The molecule has 4 aromatic carbocycles. The number of Topliss-reactive ketones (excluding diaryl/α,β-unsaturated/α-hetero) is 1. The number of benzene rings is 4. The van der Waals surface area contributed by atoms with E-state index >= 15 is 0 Å². The molecule has 0 amide bonds. The average Bonchev–Trinajstić information content (AvgIpc) is 3.41. The summed E-state index contributed by atoms with van der Waals surface area (Å²) in [6.45, 7) is 6.31. The predicted octanol–water partition coefficient (Wildman–Crippen LogP) is 13.8. The molecule has 0 unspecified atom stereocenters. The molecule has 0 N–H and O–H groups in total. The molecule has 0 bridgehead atoms. The molecule has 268 valence electrons. The van der Waals surface area contributed by atoms with E-state index in [-0.39, 0.29) is 11.2 Å². The number of unbranched alkanes of at least 4 members (excludes halogenated alkanes) is 10. The SMILES string of the molecule is CCCCCCCCC1(CCCCCCCC)c2cc(C=C(C=Cc3ccc(OC)cc3)c3ccccc3)ccc2-c2ccc(CC(C)=O)cc21. The third-order valence-corrected chi connectivity index (χ3v) is 10.8. The Balaban J connectivity index is 1.57. The van der Waals surface area contributed by atoms with E-state index in [1.807, 2.05) is 12.1 Å². The van der Waals surface area contributed by atoms with Crippen LogP contribution in [0, 0.1) is 0 Å². The minimum Gasteiger partial charge on any atom is -0.497 e. The van der Waals surface area contributed by atoms with Crippen molar-refractivity contribution in [2.24, 2.45) is 0 Å². The number of ether oxygens (including phenoxy) is 1. The van der Waals surface area contributed by atoms with Crippen LogP contribution in [-0.4, -0.2) is 12.9 Å². The quantitative estimate of drug-likeness (QED) is 0.0497. The average molecular weight is 681 g/mol. The monoisotopic (exact) mass is 680 g/mol. The number of carbonyl (C=O) groups is 1. The van der Waals surface area contributed by atoms with Crippen molar-refractivity contribution in [3.05, 3.63) is 130 Å². The van der Waals surface area contributed by atoms with Gasteiger partial charge in [-0.1, -0.05) is 182 Å². The topological polar surface area (TPSA) is 26.3 Å². The molecule has 51 heavy (non-hydrogen) atoms. The van der Waals surface area contributed by atoms with Gasteiger partial charge in [-0.2, -0.15) is 0 Å². The highest BCUT2D eigenvalue weighted by molar-refractivity contribution is 5.91. The number of rotatable bonds is 21. The van der Waals surface area contributed by atoms with Gasteiger partial charge < -0.3 is 4.74 Å². The second kappa shape index (κ2) is 19.4. The van der Waals surface area contributed by atoms with Crippen molar-refractivity contribution in [3.8, 4) is 16.9 Å². The molecular weight excluding hydrogens is 621 g/mol. The third-order valence-electron chi connectivity index (χ3n) is 10.8. The fraction of sp³-hybridized carbons (Fsp3) is 0.408. The molecule has 2 nitrogen and oxygen atoms in total. The molecule has 0 heterocycles. The summed E-state index contributed by atoms with van der Waals surface area (Å²) in [6, 6.07) is 33.1. The third kappa shape index (κ3) is 10.2. The Labute approximate surface area is 309 Å². The Morgan fingerprint density at radius 2 is 1.22 bits per heavy atom. The standard InChI is InChI=1S/C49H60O2/c1-5-7-9-11-13-18-32-49(33-19-14-12-10-8-6-2)47-36-40(34-38(3)50)25-30-45(47)46-31-26-41(37-48(46)49)35-43(42-20-16-15-17-21-42)27-22-39-23-28-44(51-4)29-24-39/h15-17,20-31,35-37H,5-14,18-19,32-34H2,1-4H3. The van der Waals surface area contributed by atoms with Gasteiger partial charge in [-0.05, 0) is 88.1 Å². The van der Waals surface area contributed by atoms with Crippen molar-refractivity contribution < 1.29 is 9.53 Å². The Bertz CT molecular complexity index is 1730. The Hall–Kier alpha value is -4.17. The van der Waals surface area contributed by atoms with Crippen molar-refractivity contribution in [1.82, 2.24) is 0 Å². The molecule has 0 saturated heterocycles. The number of ketones is 1. The first-order chi connectivity index (χ1) is 25.0. The summed E-state index contributed by atoms with van der Waals surface area (Å²) in [6.07, 6.45) is 25.1. The Kier molecular flexibility index (Phi) is 14.5. The number of hydrogen-bond acceptors (Lipinski definition) is 2. The van der Waals surface area contributed by atoms with E-state index in [2.05, 4.69) is 111 Å². The number of hydrogen-bond donors (Lipinski definition) is 0. The molecule has 5 rings (SSSR count). The summed E-state index contributed by atoms with van der Waals surface area (Å²) in [5, 5.41) is 0. The fourth-order valence-corrected chi connectivity index (χ4v) is 8.06. The van der Waals surface area contributed by atoms with Gasteiger partial charge in [0.2, 0.25) is 0 Å². The molecule has 0 radical (unpaired) electrons. The van der Waals surface area contributed by atoms with Gasteiger partial charge in [0.05, 0.1) is 7.11 Å². The maximum absolute atomic E-state index is 12.3. The number of methoxy groups -OCH3 is 1. The van der Waals surface area contributed by atoms with E-state index in [1.165, 1.54) is 116 Å². The van der Waals surface area contributed by atoms with Crippen LogP contribution in [0.1, 0.15) is 144 Å². The van der Waals surface area contributed by atoms with Crippen LogP contribution in [0.5, 0.6) is 5.75 Å². The minimum atomic E-state index is -0.0390. The number of allylic oxidation sites excluding steroid dienone is 2. The van der Waals surface area contributed by atoms with Crippen molar-refractivity contribution in [3.63, 3.8) is 0 Å². The molecule has 2 heteroatoms. The lowest BCUT2D eigenvalue weighted by molar-refractivity contribution is -0.116.